The van der Waals surface area contributed by atoms with Crippen LogP contribution in [-0.2, 0) is 10.2 Å². The van der Waals surface area contributed by atoms with Crippen LogP contribution < -0.4 is 10.0 Å². The fourth-order valence-electron chi connectivity index (χ4n) is 2.57. The first-order valence-electron chi connectivity index (χ1n) is 7.49. The van der Waals surface area contributed by atoms with E-state index < -0.39 is 10.2 Å². The summed E-state index contributed by atoms with van der Waals surface area (Å²) in [5.41, 5.74) is 0.834. The molecule has 2 heterocycles. The van der Waals surface area contributed by atoms with Gasteiger partial charge in [0.05, 0.1) is 6.20 Å². The molecule has 1 aliphatic heterocycles. The van der Waals surface area contributed by atoms with E-state index >= 15 is 0 Å². The standard InChI is InChI=1S/C13H25N5O2S/c1-3-14-8-12-4-6-18(7-5-12)21(19,20)17-11(2)13-9-15-16-10-13/h9-12,14,17H,3-8H2,1-2H3,(H,15,16). The zero-order valence-electron chi connectivity index (χ0n) is 12.7. The highest BCUT2D eigenvalue weighted by atomic mass is 32.2. The second-order valence-corrected chi connectivity index (χ2v) is 7.23. The third-order valence-corrected chi connectivity index (χ3v) is 5.64. The maximum atomic E-state index is 12.4. The molecule has 1 saturated heterocycles. The maximum absolute atomic E-state index is 12.4. The number of hydrogen-bond donors (Lipinski definition) is 3. The van der Waals surface area contributed by atoms with Crippen LogP contribution in [0.4, 0.5) is 0 Å². The smallest absolute Gasteiger partial charge is 0.279 e. The average molecular weight is 315 g/mol. The van der Waals surface area contributed by atoms with Crippen molar-refractivity contribution in [3.63, 3.8) is 0 Å². The summed E-state index contributed by atoms with van der Waals surface area (Å²) >= 11 is 0. The van der Waals surface area contributed by atoms with Crippen LogP contribution in [0.3, 0.4) is 0 Å². The summed E-state index contributed by atoms with van der Waals surface area (Å²) in [5.74, 6) is 0.572. The first-order chi connectivity index (χ1) is 10.0. The van der Waals surface area contributed by atoms with Gasteiger partial charge in [-0.25, -0.2) is 0 Å². The van der Waals surface area contributed by atoms with Crippen LogP contribution >= 0.6 is 0 Å². The van der Waals surface area contributed by atoms with Gasteiger partial charge in [0.25, 0.3) is 10.2 Å². The monoisotopic (exact) mass is 315 g/mol. The van der Waals surface area contributed by atoms with Crippen LogP contribution in [0.25, 0.3) is 0 Å². The molecule has 2 rings (SSSR count). The van der Waals surface area contributed by atoms with Gasteiger partial charge < -0.3 is 5.32 Å². The third kappa shape index (κ3) is 4.50. The number of piperidine rings is 1. The van der Waals surface area contributed by atoms with E-state index in [1.165, 1.54) is 0 Å². The molecule has 0 aliphatic carbocycles. The molecule has 1 fully saturated rings. The van der Waals surface area contributed by atoms with E-state index in [1.54, 1.807) is 16.7 Å². The summed E-state index contributed by atoms with van der Waals surface area (Å²) in [5, 5.41) is 9.87. The third-order valence-electron chi connectivity index (χ3n) is 3.94. The Morgan fingerprint density at radius 1 is 1.48 bits per heavy atom. The minimum absolute atomic E-state index is 0.284. The lowest BCUT2D eigenvalue weighted by Crippen LogP contribution is -2.46. The summed E-state index contributed by atoms with van der Waals surface area (Å²) in [6, 6.07) is -0.284. The van der Waals surface area contributed by atoms with Gasteiger partial charge in [-0.05, 0) is 38.8 Å². The molecule has 1 aromatic heterocycles. The SMILES string of the molecule is CCNCC1CCN(S(=O)(=O)NC(C)c2cn[nH]c2)CC1. The van der Waals surface area contributed by atoms with E-state index in [9.17, 15) is 8.42 Å². The van der Waals surface area contributed by atoms with Gasteiger partial charge in [0, 0.05) is 30.9 Å². The van der Waals surface area contributed by atoms with Crippen LogP contribution in [0, 0.1) is 5.92 Å². The van der Waals surface area contributed by atoms with Crippen LogP contribution in [0.5, 0.6) is 0 Å². The normalized spacial score (nSPS) is 19.7. The van der Waals surface area contributed by atoms with Crippen molar-refractivity contribution in [3.8, 4) is 0 Å². The van der Waals surface area contributed by atoms with Crippen LogP contribution in [0.15, 0.2) is 12.4 Å². The quantitative estimate of drug-likeness (QED) is 0.688. The Hall–Kier alpha value is -0.960. The topological polar surface area (TPSA) is 90.1 Å². The molecule has 0 amide bonds. The Morgan fingerprint density at radius 3 is 2.76 bits per heavy atom. The summed E-state index contributed by atoms with van der Waals surface area (Å²) in [7, 11) is -3.43. The van der Waals surface area contributed by atoms with E-state index in [0.29, 0.717) is 19.0 Å². The molecule has 1 atom stereocenters. The van der Waals surface area contributed by atoms with Gasteiger partial charge in [-0.2, -0.15) is 22.5 Å². The van der Waals surface area contributed by atoms with Gasteiger partial charge in [0.1, 0.15) is 0 Å². The molecule has 120 valence electrons. The van der Waals surface area contributed by atoms with Crippen LogP contribution in [0.1, 0.15) is 38.3 Å². The van der Waals surface area contributed by atoms with Crippen molar-refractivity contribution in [2.75, 3.05) is 26.2 Å². The van der Waals surface area contributed by atoms with E-state index in [1.807, 2.05) is 6.92 Å². The lowest BCUT2D eigenvalue weighted by molar-refractivity contribution is 0.265. The van der Waals surface area contributed by atoms with Gasteiger partial charge in [-0.15, -0.1) is 0 Å². The van der Waals surface area contributed by atoms with Gasteiger partial charge in [0.2, 0.25) is 0 Å². The molecule has 3 N–H and O–H groups in total. The lowest BCUT2D eigenvalue weighted by Gasteiger charge is -2.32. The highest BCUT2D eigenvalue weighted by molar-refractivity contribution is 7.87. The minimum atomic E-state index is -3.43. The number of H-pyrrole nitrogens is 1. The highest BCUT2D eigenvalue weighted by Gasteiger charge is 2.29. The van der Waals surface area contributed by atoms with Crippen molar-refractivity contribution < 1.29 is 8.42 Å². The first-order valence-corrected chi connectivity index (χ1v) is 8.93. The molecule has 0 spiro atoms. The Labute approximate surface area is 126 Å². The second kappa shape index (κ2) is 7.35. The Morgan fingerprint density at radius 2 is 2.19 bits per heavy atom. The zero-order chi connectivity index (χ0) is 15.3. The van der Waals surface area contributed by atoms with E-state index in [2.05, 4.69) is 27.2 Å². The Balaban J connectivity index is 1.86. The van der Waals surface area contributed by atoms with E-state index in [0.717, 1.165) is 31.5 Å². The number of rotatable bonds is 7. The minimum Gasteiger partial charge on any atom is -0.317 e. The van der Waals surface area contributed by atoms with Crippen molar-refractivity contribution in [1.82, 2.24) is 24.5 Å². The molecule has 0 radical (unpaired) electrons. The van der Waals surface area contributed by atoms with E-state index in [-0.39, 0.29) is 6.04 Å². The molecule has 8 heteroatoms. The molecule has 21 heavy (non-hydrogen) atoms. The van der Waals surface area contributed by atoms with Crippen molar-refractivity contribution in [2.24, 2.45) is 5.92 Å². The number of nitrogens with zero attached hydrogens (tertiary/aromatic N) is 2. The van der Waals surface area contributed by atoms with E-state index in [4.69, 9.17) is 0 Å². The zero-order valence-corrected chi connectivity index (χ0v) is 13.5. The fraction of sp³-hybridized carbons (Fsp3) is 0.769. The number of hydrogen-bond acceptors (Lipinski definition) is 4. The number of nitrogens with one attached hydrogen (secondary N) is 3. The highest BCUT2D eigenvalue weighted by Crippen LogP contribution is 2.20. The molecule has 1 aromatic rings. The van der Waals surface area contributed by atoms with Gasteiger partial charge in [-0.1, -0.05) is 6.92 Å². The maximum Gasteiger partial charge on any atom is 0.279 e. The predicted molar refractivity (Wildman–Crippen MR) is 81.9 cm³/mol. The molecule has 0 bridgehead atoms. The second-order valence-electron chi connectivity index (χ2n) is 5.53. The van der Waals surface area contributed by atoms with Crippen LogP contribution in [0.2, 0.25) is 0 Å². The fourth-order valence-corrected chi connectivity index (χ4v) is 3.99. The first kappa shape index (κ1) is 16.4. The molecule has 7 nitrogen and oxygen atoms in total. The predicted octanol–water partition coefficient (Wildman–Crippen LogP) is 0.627. The largest absolute Gasteiger partial charge is 0.317 e. The molecule has 1 aliphatic rings. The van der Waals surface area contributed by atoms with Crippen LogP contribution in [-0.4, -0.2) is 49.1 Å². The Bertz CT molecular complexity index is 509. The molecular weight excluding hydrogens is 290 g/mol. The number of aromatic nitrogens is 2. The van der Waals surface area contributed by atoms with Crippen molar-refractivity contribution in [1.29, 1.82) is 0 Å². The van der Waals surface area contributed by atoms with Crippen molar-refractivity contribution >= 4 is 10.2 Å². The van der Waals surface area contributed by atoms with Crippen molar-refractivity contribution in [2.45, 2.75) is 32.7 Å². The average Bonchev–Trinajstić information content (AvgIpc) is 2.99. The summed E-state index contributed by atoms with van der Waals surface area (Å²) in [4.78, 5) is 0. The molecular formula is C13H25N5O2S. The van der Waals surface area contributed by atoms with Gasteiger partial charge >= 0.3 is 0 Å². The molecule has 0 aromatic carbocycles. The van der Waals surface area contributed by atoms with Crippen molar-refractivity contribution in [3.05, 3.63) is 18.0 Å². The molecule has 0 saturated carbocycles. The molecule has 1 unspecified atom stereocenters. The summed E-state index contributed by atoms with van der Waals surface area (Å²) < 4.78 is 29.0. The summed E-state index contributed by atoms with van der Waals surface area (Å²) in [6.45, 7) is 7.01. The van der Waals surface area contributed by atoms with Gasteiger partial charge in [0.15, 0.2) is 0 Å². The Kier molecular flexibility index (Phi) is 5.74. The lowest BCUT2D eigenvalue weighted by atomic mass is 9.98. The number of aromatic amines is 1. The van der Waals surface area contributed by atoms with Gasteiger partial charge in [-0.3, -0.25) is 5.10 Å². The summed E-state index contributed by atoms with van der Waals surface area (Å²) in [6.07, 6.45) is 5.16.